The fraction of sp³-hybridized carbons (Fsp3) is 0.0769. The maximum absolute atomic E-state index is 13.0. The zero-order chi connectivity index (χ0) is 13.1. The summed E-state index contributed by atoms with van der Waals surface area (Å²) in [5.41, 5.74) is 6.56. The Balaban J connectivity index is 2.28. The molecule has 0 unspecified atom stereocenters. The molecule has 0 bridgehead atoms. The Morgan fingerprint density at radius 2 is 1.61 bits per heavy atom. The standard InChI is InChI=1S/C13H10Br2FNO/c14-10-5-8(7-17)1-3-12(10)18-13-4-2-9(16)6-11(13)15/h1-6H,7,17H2. The highest BCUT2D eigenvalue weighted by molar-refractivity contribution is 9.11. The van der Waals surface area contributed by atoms with E-state index in [0.717, 1.165) is 10.0 Å². The van der Waals surface area contributed by atoms with Crippen LogP contribution in [-0.4, -0.2) is 0 Å². The van der Waals surface area contributed by atoms with Crippen molar-refractivity contribution in [3.63, 3.8) is 0 Å². The van der Waals surface area contributed by atoms with Crippen LogP contribution in [0.4, 0.5) is 4.39 Å². The van der Waals surface area contributed by atoms with Gasteiger partial charge in [0.2, 0.25) is 0 Å². The first kappa shape index (κ1) is 13.5. The van der Waals surface area contributed by atoms with Crippen LogP contribution >= 0.6 is 31.9 Å². The lowest BCUT2D eigenvalue weighted by atomic mass is 10.2. The normalized spacial score (nSPS) is 10.4. The minimum absolute atomic E-state index is 0.313. The molecule has 2 N–H and O–H groups in total. The van der Waals surface area contributed by atoms with Crippen molar-refractivity contribution in [3.05, 3.63) is 56.7 Å². The molecule has 2 nitrogen and oxygen atoms in total. The molecule has 0 aliphatic carbocycles. The molecular formula is C13H10Br2FNO. The quantitative estimate of drug-likeness (QED) is 0.851. The lowest BCUT2D eigenvalue weighted by molar-refractivity contribution is 0.474. The summed E-state index contributed by atoms with van der Waals surface area (Å²) < 4.78 is 20.0. The van der Waals surface area contributed by atoms with Gasteiger partial charge in [-0.2, -0.15) is 0 Å². The molecule has 0 saturated carbocycles. The van der Waals surface area contributed by atoms with E-state index in [4.69, 9.17) is 10.5 Å². The number of nitrogens with two attached hydrogens (primary N) is 1. The Morgan fingerprint density at radius 3 is 2.17 bits per heavy atom. The zero-order valence-corrected chi connectivity index (χ0v) is 12.5. The second-order valence-corrected chi connectivity index (χ2v) is 5.35. The summed E-state index contributed by atoms with van der Waals surface area (Å²) in [6.07, 6.45) is 0. The van der Waals surface area contributed by atoms with Gasteiger partial charge in [0, 0.05) is 6.54 Å². The van der Waals surface area contributed by atoms with Crippen LogP contribution in [0.3, 0.4) is 0 Å². The first-order valence-corrected chi connectivity index (χ1v) is 6.80. The lowest BCUT2D eigenvalue weighted by Gasteiger charge is -2.10. The van der Waals surface area contributed by atoms with E-state index in [1.807, 2.05) is 18.2 Å². The molecule has 0 heterocycles. The number of halogens is 3. The molecule has 0 amide bonds. The van der Waals surface area contributed by atoms with Gasteiger partial charge in [-0.05, 0) is 67.8 Å². The van der Waals surface area contributed by atoms with Gasteiger partial charge in [0.25, 0.3) is 0 Å². The Kier molecular flexibility index (Phi) is 4.37. The Hall–Kier alpha value is -0.910. The average molecular weight is 375 g/mol. The van der Waals surface area contributed by atoms with Crippen LogP contribution in [0.1, 0.15) is 5.56 Å². The molecule has 2 aromatic rings. The van der Waals surface area contributed by atoms with Crippen LogP contribution in [0.2, 0.25) is 0 Å². The molecule has 0 aliphatic rings. The van der Waals surface area contributed by atoms with Gasteiger partial charge in [-0.25, -0.2) is 4.39 Å². The summed E-state index contributed by atoms with van der Waals surface area (Å²) in [7, 11) is 0. The number of hydrogen-bond donors (Lipinski definition) is 1. The monoisotopic (exact) mass is 373 g/mol. The minimum Gasteiger partial charge on any atom is -0.455 e. The van der Waals surface area contributed by atoms with E-state index in [1.165, 1.54) is 12.1 Å². The predicted molar refractivity (Wildman–Crippen MR) is 76.2 cm³/mol. The molecule has 18 heavy (non-hydrogen) atoms. The van der Waals surface area contributed by atoms with E-state index in [1.54, 1.807) is 6.07 Å². The summed E-state index contributed by atoms with van der Waals surface area (Å²) in [6.45, 7) is 0.471. The molecule has 94 valence electrons. The smallest absolute Gasteiger partial charge is 0.141 e. The lowest BCUT2D eigenvalue weighted by Crippen LogP contribution is -1.96. The van der Waals surface area contributed by atoms with Gasteiger partial charge in [0.05, 0.1) is 8.95 Å². The molecule has 0 spiro atoms. The SMILES string of the molecule is NCc1ccc(Oc2ccc(F)cc2Br)c(Br)c1. The molecule has 2 aromatic carbocycles. The van der Waals surface area contributed by atoms with Crippen molar-refractivity contribution in [1.82, 2.24) is 0 Å². The van der Waals surface area contributed by atoms with E-state index in [9.17, 15) is 4.39 Å². The Labute approximate surface area is 121 Å². The largest absolute Gasteiger partial charge is 0.455 e. The first-order chi connectivity index (χ1) is 8.60. The maximum atomic E-state index is 13.0. The van der Waals surface area contributed by atoms with E-state index in [-0.39, 0.29) is 5.82 Å². The molecule has 0 aromatic heterocycles. The molecule has 0 saturated heterocycles. The molecular weight excluding hydrogens is 365 g/mol. The third-order valence-corrected chi connectivity index (χ3v) is 3.59. The average Bonchev–Trinajstić information content (AvgIpc) is 2.34. The molecule has 0 aliphatic heterocycles. The van der Waals surface area contributed by atoms with Gasteiger partial charge >= 0.3 is 0 Å². The summed E-state index contributed by atoms with van der Waals surface area (Å²) in [6, 6.07) is 9.88. The zero-order valence-electron chi connectivity index (χ0n) is 9.29. The van der Waals surface area contributed by atoms with Gasteiger partial charge in [-0.1, -0.05) is 6.07 Å². The molecule has 2 rings (SSSR count). The van der Waals surface area contributed by atoms with Crippen LogP contribution in [0.5, 0.6) is 11.5 Å². The van der Waals surface area contributed by atoms with Crippen LogP contribution in [0.15, 0.2) is 45.3 Å². The number of hydrogen-bond acceptors (Lipinski definition) is 2. The fourth-order valence-corrected chi connectivity index (χ4v) is 2.37. The molecule has 0 fully saturated rings. The van der Waals surface area contributed by atoms with E-state index >= 15 is 0 Å². The molecule has 0 atom stereocenters. The summed E-state index contributed by atoms with van der Waals surface area (Å²) in [5.74, 6) is 0.892. The number of rotatable bonds is 3. The van der Waals surface area contributed by atoms with E-state index in [0.29, 0.717) is 22.5 Å². The van der Waals surface area contributed by atoms with Crippen molar-refractivity contribution in [2.75, 3.05) is 0 Å². The molecule has 0 radical (unpaired) electrons. The minimum atomic E-state index is -0.313. The Bertz CT molecular complexity index is 575. The van der Waals surface area contributed by atoms with Gasteiger partial charge in [0.15, 0.2) is 0 Å². The maximum Gasteiger partial charge on any atom is 0.141 e. The van der Waals surface area contributed by atoms with Crippen molar-refractivity contribution >= 4 is 31.9 Å². The third-order valence-electron chi connectivity index (χ3n) is 2.35. The van der Waals surface area contributed by atoms with Gasteiger partial charge < -0.3 is 10.5 Å². The van der Waals surface area contributed by atoms with Gasteiger partial charge in [-0.3, -0.25) is 0 Å². The van der Waals surface area contributed by atoms with Crippen molar-refractivity contribution in [1.29, 1.82) is 0 Å². The highest BCUT2D eigenvalue weighted by Gasteiger charge is 2.07. The highest BCUT2D eigenvalue weighted by Crippen LogP contribution is 2.34. The van der Waals surface area contributed by atoms with Crippen molar-refractivity contribution in [2.45, 2.75) is 6.54 Å². The summed E-state index contributed by atoms with van der Waals surface area (Å²) in [4.78, 5) is 0. The predicted octanol–water partition coefficient (Wildman–Crippen LogP) is 4.60. The van der Waals surface area contributed by atoms with Crippen molar-refractivity contribution < 1.29 is 9.13 Å². The second-order valence-electron chi connectivity index (χ2n) is 3.65. The van der Waals surface area contributed by atoms with Crippen LogP contribution in [0, 0.1) is 5.82 Å². The van der Waals surface area contributed by atoms with Crippen molar-refractivity contribution in [2.24, 2.45) is 5.73 Å². The van der Waals surface area contributed by atoms with E-state index in [2.05, 4.69) is 31.9 Å². The van der Waals surface area contributed by atoms with Crippen LogP contribution in [-0.2, 0) is 6.54 Å². The van der Waals surface area contributed by atoms with Gasteiger partial charge in [-0.15, -0.1) is 0 Å². The fourth-order valence-electron chi connectivity index (χ4n) is 1.43. The number of benzene rings is 2. The summed E-state index contributed by atoms with van der Waals surface area (Å²) >= 11 is 6.67. The van der Waals surface area contributed by atoms with E-state index < -0.39 is 0 Å². The van der Waals surface area contributed by atoms with Crippen molar-refractivity contribution in [3.8, 4) is 11.5 Å². The third kappa shape index (κ3) is 3.10. The van der Waals surface area contributed by atoms with Gasteiger partial charge in [0.1, 0.15) is 17.3 Å². The Morgan fingerprint density at radius 1 is 1.00 bits per heavy atom. The van der Waals surface area contributed by atoms with Crippen LogP contribution < -0.4 is 10.5 Å². The highest BCUT2D eigenvalue weighted by atomic mass is 79.9. The molecule has 5 heteroatoms. The van der Waals surface area contributed by atoms with Crippen LogP contribution in [0.25, 0.3) is 0 Å². The first-order valence-electron chi connectivity index (χ1n) is 5.21. The number of ether oxygens (including phenoxy) is 1. The summed E-state index contributed by atoms with van der Waals surface area (Å²) in [5, 5.41) is 0. The second kappa shape index (κ2) is 5.82. The topological polar surface area (TPSA) is 35.2 Å².